The van der Waals surface area contributed by atoms with Gasteiger partial charge >= 0.3 is 5.63 Å². The van der Waals surface area contributed by atoms with E-state index in [1.54, 1.807) is 6.07 Å². The largest absolute Gasteiger partial charge is 0.545 e. The topological polar surface area (TPSA) is 109 Å². The first-order chi connectivity index (χ1) is 19.3. The fraction of sp³-hybridized carbons (Fsp3) is 0. The molecule has 7 nitrogen and oxygen atoms in total. The highest BCUT2D eigenvalue weighted by Gasteiger charge is 2.30. The van der Waals surface area contributed by atoms with Gasteiger partial charge in [-0.2, -0.15) is 0 Å². The molecule has 0 amide bonds. The normalized spacial score (nSPS) is 10.6. The number of aromatic carboxylic acids is 1. The predicted octanol–water partition coefficient (Wildman–Crippen LogP) is 5.45. The standard InChI is InChI=1S/C21H15O2S.C7H2F4O5/c22-21-14-12-16-11-13-19(15-20(16)23-21)24(17-7-3-1-4-8-17)18-9-5-2-6-10-18;8-2-1(7(13)14)3(9)5(15-10)6(16-11)4(2)12/h1-15H;12H,(H,13,14)/q+1;/p-1. The predicted molar refractivity (Wildman–Crippen MR) is 133 cm³/mol. The Hall–Kier alpha value is -4.97. The van der Waals surface area contributed by atoms with Crippen LogP contribution in [0.2, 0.25) is 0 Å². The van der Waals surface area contributed by atoms with E-state index in [0.29, 0.717) is 5.58 Å². The SMILES string of the molecule is O=C([O-])c1c(F)c(O)c(OF)c(OF)c1F.O=c1ccc2ccc([S+](c3ccccc3)c3ccccc3)cc2o1. The summed E-state index contributed by atoms with van der Waals surface area (Å²) in [4.78, 5) is 30.9. The average Bonchev–Trinajstić information content (AvgIpc) is 2.96. The molecule has 0 radical (unpaired) electrons. The van der Waals surface area contributed by atoms with Crippen LogP contribution in [0.5, 0.6) is 17.2 Å². The number of carbonyl (C=O) groups is 1. The summed E-state index contributed by atoms with van der Waals surface area (Å²) >= 11 is 0. The van der Waals surface area contributed by atoms with Crippen molar-refractivity contribution >= 4 is 27.8 Å². The van der Waals surface area contributed by atoms with Crippen LogP contribution in [0.15, 0.2) is 115 Å². The molecule has 0 fully saturated rings. The number of carboxylic acid groups (broad SMARTS) is 1. The molecule has 40 heavy (non-hydrogen) atoms. The zero-order valence-electron chi connectivity index (χ0n) is 20.0. The highest BCUT2D eigenvalue weighted by Crippen LogP contribution is 2.43. The first kappa shape index (κ1) is 28.0. The molecule has 0 saturated carbocycles. The van der Waals surface area contributed by atoms with Gasteiger partial charge in [0.15, 0.2) is 26.3 Å². The molecule has 12 heteroatoms. The Morgan fingerprint density at radius 2 is 1.32 bits per heavy atom. The van der Waals surface area contributed by atoms with Crippen LogP contribution in [-0.4, -0.2) is 11.1 Å². The van der Waals surface area contributed by atoms with Crippen LogP contribution in [0.25, 0.3) is 11.0 Å². The second kappa shape index (κ2) is 12.3. The lowest BCUT2D eigenvalue weighted by Crippen LogP contribution is -2.25. The van der Waals surface area contributed by atoms with E-state index in [1.807, 2.05) is 24.3 Å². The van der Waals surface area contributed by atoms with Gasteiger partial charge in [0.25, 0.3) is 11.5 Å². The molecule has 0 aliphatic rings. The van der Waals surface area contributed by atoms with Gasteiger partial charge in [0.05, 0.1) is 22.4 Å². The molecule has 0 bridgehead atoms. The number of hydrogen-bond acceptors (Lipinski definition) is 7. The molecule has 0 atom stereocenters. The Bertz CT molecular complexity index is 1670. The number of halogens is 4. The van der Waals surface area contributed by atoms with E-state index in [1.165, 1.54) is 15.9 Å². The third kappa shape index (κ3) is 5.71. The van der Waals surface area contributed by atoms with Crippen LogP contribution in [0.1, 0.15) is 10.4 Å². The number of carbonyl (C=O) groups excluding carboxylic acids is 1. The molecule has 0 aliphatic heterocycles. The van der Waals surface area contributed by atoms with E-state index in [4.69, 9.17) is 9.52 Å². The van der Waals surface area contributed by atoms with Crippen molar-refractivity contribution in [3.63, 3.8) is 0 Å². The first-order valence-corrected chi connectivity index (χ1v) is 12.4. The van der Waals surface area contributed by atoms with Gasteiger partial charge in [-0.1, -0.05) is 36.4 Å². The third-order valence-corrected chi connectivity index (χ3v) is 7.63. The molecule has 204 valence electrons. The van der Waals surface area contributed by atoms with Crippen molar-refractivity contribution in [1.29, 1.82) is 0 Å². The summed E-state index contributed by atoms with van der Waals surface area (Å²) in [6, 6.07) is 30.2. The van der Waals surface area contributed by atoms with Crippen LogP contribution in [0, 0.1) is 11.6 Å². The van der Waals surface area contributed by atoms with Crippen molar-refractivity contribution in [3.05, 3.63) is 119 Å². The molecule has 0 aliphatic carbocycles. The van der Waals surface area contributed by atoms with Crippen molar-refractivity contribution in [2.75, 3.05) is 0 Å². The van der Waals surface area contributed by atoms with Crippen molar-refractivity contribution < 1.29 is 47.1 Å². The van der Waals surface area contributed by atoms with Gasteiger partial charge in [-0.3, -0.25) is 9.88 Å². The molecule has 1 aromatic heterocycles. The lowest BCUT2D eigenvalue weighted by atomic mass is 10.1. The summed E-state index contributed by atoms with van der Waals surface area (Å²) in [6.07, 6.45) is 0. The molecular weight excluding hydrogens is 556 g/mol. The molecular formula is C28H16F4O7S. The molecule has 1 heterocycles. The van der Waals surface area contributed by atoms with Gasteiger partial charge in [0.1, 0.15) is 5.58 Å². The van der Waals surface area contributed by atoms with Gasteiger partial charge in [-0.05, 0) is 42.5 Å². The smallest absolute Gasteiger partial charge is 0.336 e. The van der Waals surface area contributed by atoms with Crippen LogP contribution in [0.3, 0.4) is 0 Å². The molecule has 1 N–H and O–H groups in total. The van der Waals surface area contributed by atoms with Crippen molar-refractivity contribution in [2.45, 2.75) is 14.7 Å². The van der Waals surface area contributed by atoms with Crippen LogP contribution < -0.4 is 20.6 Å². The average molecular weight is 572 g/mol. The van der Waals surface area contributed by atoms with E-state index < -0.39 is 40.4 Å². The monoisotopic (exact) mass is 572 g/mol. The van der Waals surface area contributed by atoms with E-state index in [2.05, 4.69) is 64.5 Å². The summed E-state index contributed by atoms with van der Waals surface area (Å²) in [7, 11) is -0.239. The maximum Gasteiger partial charge on any atom is 0.336 e. The minimum atomic E-state index is -2.39. The van der Waals surface area contributed by atoms with E-state index in [-0.39, 0.29) is 16.5 Å². The second-order valence-corrected chi connectivity index (χ2v) is 9.86. The second-order valence-electron chi connectivity index (χ2n) is 7.84. The van der Waals surface area contributed by atoms with E-state index in [9.17, 15) is 32.5 Å². The number of rotatable bonds is 6. The van der Waals surface area contributed by atoms with Gasteiger partial charge in [0.2, 0.25) is 5.75 Å². The van der Waals surface area contributed by atoms with Gasteiger partial charge < -0.3 is 19.4 Å². The van der Waals surface area contributed by atoms with Crippen LogP contribution in [0.4, 0.5) is 17.8 Å². The zero-order chi connectivity index (χ0) is 28.8. The molecule has 0 saturated heterocycles. The van der Waals surface area contributed by atoms with Gasteiger partial charge in [-0.15, -0.1) is 0 Å². The number of phenolic OH excluding ortho intramolecular Hbond substituents is 1. The molecule has 5 aromatic rings. The van der Waals surface area contributed by atoms with Crippen molar-refractivity contribution in [2.24, 2.45) is 0 Å². The molecule has 0 unspecified atom stereocenters. The van der Waals surface area contributed by atoms with Gasteiger partial charge in [-0.25, -0.2) is 13.6 Å². The van der Waals surface area contributed by atoms with Crippen LogP contribution >= 0.6 is 0 Å². The lowest BCUT2D eigenvalue weighted by Gasteiger charge is -2.11. The number of fused-ring (bicyclic) bond motifs is 1. The quantitative estimate of drug-likeness (QED) is 0.164. The zero-order valence-corrected chi connectivity index (χ0v) is 20.8. The highest BCUT2D eigenvalue weighted by atomic mass is 32.2. The number of hydrogen-bond donors (Lipinski definition) is 1. The summed E-state index contributed by atoms with van der Waals surface area (Å²) in [5.74, 6) is -11.8. The Balaban J connectivity index is 0.000000202. The number of carboxylic acids is 1. The summed E-state index contributed by atoms with van der Waals surface area (Å²) in [5.41, 5.74) is -1.51. The minimum absolute atomic E-state index is 0.239. The molecule has 5 rings (SSSR count). The van der Waals surface area contributed by atoms with E-state index >= 15 is 0 Å². The lowest BCUT2D eigenvalue weighted by molar-refractivity contribution is -0.255. The minimum Gasteiger partial charge on any atom is -0.545 e. The third-order valence-electron chi connectivity index (χ3n) is 5.41. The summed E-state index contributed by atoms with van der Waals surface area (Å²) in [6.45, 7) is 0. The summed E-state index contributed by atoms with van der Waals surface area (Å²) < 4.78 is 54.8. The number of benzene rings is 4. The van der Waals surface area contributed by atoms with Crippen molar-refractivity contribution in [1.82, 2.24) is 0 Å². The fourth-order valence-electron chi connectivity index (χ4n) is 3.64. The maximum absolute atomic E-state index is 13.0. The Labute approximate surface area is 225 Å². The molecule has 4 aromatic carbocycles. The number of aromatic hydroxyl groups is 1. The first-order valence-electron chi connectivity index (χ1n) is 11.2. The molecule has 0 spiro atoms. The van der Waals surface area contributed by atoms with Crippen LogP contribution in [-0.2, 0) is 10.9 Å². The van der Waals surface area contributed by atoms with Crippen molar-refractivity contribution in [3.8, 4) is 17.2 Å². The fourth-order valence-corrected chi connectivity index (χ4v) is 5.75. The highest BCUT2D eigenvalue weighted by molar-refractivity contribution is 7.97. The Kier molecular flexibility index (Phi) is 8.60. The Morgan fingerprint density at radius 3 is 1.85 bits per heavy atom. The summed E-state index contributed by atoms with van der Waals surface area (Å²) in [5, 5.41) is 20.0. The van der Waals surface area contributed by atoms with E-state index in [0.717, 1.165) is 10.3 Å². The Morgan fingerprint density at radius 1 is 0.775 bits per heavy atom. The maximum atomic E-state index is 13.0. The van der Waals surface area contributed by atoms with Gasteiger partial charge in [0, 0.05) is 26.6 Å². The number of phenols is 1.